The van der Waals surface area contributed by atoms with Crippen LogP contribution in [0.25, 0.3) is 11.8 Å². The Kier molecular flexibility index (Phi) is 6.77. The number of carbonyl (C=O) groups is 1. The third kappa shape index (κ3) is 4.85. The highest BCUT2D eigenvalue weighted by molar-refractivity contribution is 5.98. The smallest absolute Gasteiger partial charge is 0.250 e. The number of amides is 1. The van der Waals surface area contributed by atoms with Gasteiger partial charge >= 0.3 is 0 Å². The van der Waals surface area contributed by atoms with Crippen LogP contribution >= 0.6 is 0 Å². The lowest BCUT2D eigenvalue weighted by atomic mass is 9.95. The van der Waals surface area contributed by atoms with Gasteiger partial charge in [0.15, 0.2) is 0 Å². The van der Waals surface area contributed by atoms with E-state index in [1.54, 1.807) is 13.4 Å². The second-order valence-corrected chi connectivity index (χ2v) is 9.50. The lowest BCUT2D eigenvalue weighted by Crippen LogP contribution is -2.49. The van der Waals surface area contributed by atoms with Crippen LogP contribution in [0.4, 0.5) is 5.69 Å². The Morgan fingerprint density at radius 3 is 2.56 bits per heavy atom. The number of likely N-dealkylation sites (tertiary alicyclic amines) is 1. The average molecular weight is 482 g/mol. The first-order valence-electron chi connectivity index (χ1n) is 12.5. The fourth-order valence-electron chi connectivity index (χ4n) is 5.25. The maximum absolute atomic E-state index is 13.5. The molecule has 1 amide bonds. The number of methoxy groups -OCH3 is 1. The van der Waals surface area contributed by atoms with Crippen molar-refractivity contribution in [1.29, 1.82) is 5.26 Å². The maximum Gasteiger partial charge on any atom is 0.250 e. The molecule has 2 fully saturated rings. The van der Waals surface area contributed by atoms with E-state index >= 15 is 0 Å². The molecule has 184 valence electrons. The highest BCUT2D eigenvalue weighted by Gasteiger charge is 2.31. The minimum Gasteiger partial charge on any atom is -0.495 e. The molecule has 7 nitrogen and oxygen atoms in total. The SMILES string of the molecule is COc1cc(C=C2CCCN(C3CCN(c4ccc(C#N)cc4)CC3)C2=O)ccc1-n1cnc(C)c1. The van der Waals surface area contributed by atoms with E-state index in [9.17, 15) is 4.79 Å². The van der Waals surface area contributed by atoms with Gasteiger partial charge in [-0.2, -0.15) is 5.26 Å². The summed E-state index contributed by atoms with van der Waals surface area (Å²) in [5.41, 5.74) is 5.51. The third-order valence-electron chi connectivity index (χ3n) is 7.18. The molecule has 2 aliphatic rings. The number of aromatic nitrogens is 2. The molecule has 3 aromatic rings. The first-order valence-corrected chi connectivity index (χ1v) is 12.5. The number of imidazole rings is 1. The van der Waals surface area contributed by atoms with Crippen LogP contribution in [-0.4, -0.2) is 53.1 Å². The molecule has 0 spiro atoms. The highest BCUT2D eigenvalue weighted by atomic mass is 16.5. The van der Waals surface area contributed by atoms with E-state index in [2.05, 4.69) is 20.9 Å². The molecular weight excluding hydrogens is 450 g/mol. The van der Waals surface area contributed by atoms with Crippen molar-refractivity contribution >= 4 is 17.7 Å². The molecule has 0 atom stereocenters. The number of aryl methyl sites for hydroxylation is 1. The average Bonchev–Trinajstić information content (AvgIpc) is 3.36. The Hall–Kier alpha value is -4.05. The lowest BCUT2D eigenvalue weighted by Gasteiger charge is -2.41. The van der Waals surface area contributed by atoms with Gasteiger partial charge in [-0.3, -0.25) is 4.79 Å². The van der Waals surface area contributed by atoms with E-state index in [4.69, 9.17) is 10.00 Å². The summed E-state index contributed by atoms with van der Waals surface area (Å²) in [6.45, 7) is 4.59. The number of benzene rings is 2. The predicted molar refractivity (Wildman–Crippen MR) is 140 cm³/mol. The summed E-state index contributed by atoms with van der Waals surface area (Å²) in [6, 6.07) is 16.2. The Bertz CT molecular complexity index is 1310. The monoisotopic (exact) mass is 481 g/mol. The normalized spacial score (nSPS) is 17.9. The quantitative estimate of drug-likeness (QED) is 0.492. The maximum atomic E-state index is 13.5. The standard InChI is InChI=1S/C29H31N5O2/c1-21-19-33(20-31-21)27-10-7-23(17-28(27)36-2)16-24-4-3-13-34(29(24)35)26-11-14-32(15-12-26)25-8-5-22(18-30)6-9-25/h5-10,16-17,19-20,26H,3-4,11-15H2,1-2H3. The molecule has 0 unspecified atom stereocenters. The first kappa shape index (κ1) is 23.7. The van der Waals surface area contributed by atoms with Crippen molar-refractivity contribution in [3.63, 3.8) is 0 Å². The number of hydrogen-bond acceptors (Lipinski definition) is 5. The van der Waals surface area contributed by atoms with Crippen molar-refractivity contribution in [3.8, 4) is 17.5 Å². The zero-order chi connectivity index (χ0) is 25.1. The van der Waals surface area contributed by atoms with E-state index in [1.807, 2.05) is 66.2 Å². The number of ether oxygens (including phenoxy) is 1. The second-order valence-electron chi connectivity index (χ2n) is 9.50. The van der Waals surface area contributed by atoms with Gasteiger partial charge in [-0.1, -0.05) is 6.07 Å². The minimum atomic E-state index is 0.159. The molecule has 36 heavy (non-hydrogen) atoms. The fraction of sp³-hybridized carbons (Fsp3) is 0.345. The van der Waals surface area contributed by atoms with E-state index in [-0.39, 0.29) is 11.9 Å². The Morgan fingerprint density at radius 2 is 1.89 bits per heavy atom. The molecule has 7 heteroatoms. The molecule has 2 aliphatic heterocycles. The molecular formula is C29H31N5O2. The van der Waals surface area contributed by atoms with Gasteiger partial charge in [-0.25, -0.2) is 4.98 Å². The van der Waals surface area contributed by atoms with Gasteiger partial charge < -0.3 is 19.1 Å². The zero-order valence-electron chi connectivity index (χ0n) is 20.9. The minimum absolute atomic E-state index is 0.159. The van der Waals surface area contributed by atoms with Crippen LogP contribution in [-0.2, 0) is 4.79 Å². The van der Waals surface area contributed by atoms with Gasteiger partial charge in [0.05, 0.1) is 36.5 Å². The largest absolute Gasteiger partial charge is 0.495 e. The van der Waals surface area contributed by atoms with E-state index in [0.29, 0.717) is 5.56 Å². The summed E-state index contributed by atoms with van der Waals surface area (Å²) in [5, 5.41) is 9.03. The molecule has 0 radical (unpaired) electrons. The van der Waals surface area contributed by atoms with Crippen molar-refractivity contribution in [1.82, 2.24) is 14.5 Å². The van der Waals surface area contributed by atoms with Crippen LogP contribution in [0.2, 0.25) is 0 Å². The summed E-state index contributed by atoms with van der Waals surface area (Å²) >= 11 is 0. The summed E-state index contributed by atoms with van der Waals surface area (Å²) < 4.78 is 7.59. The molecule has 3 heterocycles. The number of carbonyl (C=O) groups excluding carboxylic acids is 1. The van der Waals surface area contributed by atoms with Crippen LogP contribution in [0, 0.1) is 18.3 Å². The van der Waals surface area contributed by atoms with Crippen molar-refractivity contribution in [2.24, 2.45) is 0 Å². The molecule has 0 bridgehead atoms. The topological polar surface area (TPSA) is 74.4 Å². The van der Waals surface area contributed by atoms with Gasteiger partial charge in [-0.05, 0) is 80.6 Å². The Labute approximate surface area is 212 Å². The highest BCUT2D eigenvalue weighted by Crippen LogP contribution is 2.30. The van der Waals surface area contributed by atoms with Crippen molar-refractivity contribution in [2.75, 3.05) is 31.6 Å². The molecule has 2 aromatic carbocycles. The zero-order valence-corrected chi connectivity index (χ0v) is 20.9. The molecule has 0 aliphatic carbocycles. The Balaban J connectivity index is 1.27. The van der Waals surface area contributed by atoms with Gasteiger partial charge in [-0.15, -0.1) is 0 Å². The summed E-state index contributed by atoms with van der Waals surface area (Å²) in [7, 11) is 1.66. The molecule has 5 rings (SSSR count). The lowest BCUT2D eigenvalue weighted by molar-refractivity contribution is -0.131. The first-order chi connectivity index (χ1) is 17.6. The second kappa shape index (κ2) is 10.3. The fourth-order valence-corrected chi connectivity index (χ4v) is 5.25. The van der Waals surface area contributed by atoms with Crippen LogP contribution in [0.1, 0.15) is 42.5 Å². The number of piperidine rings is 2. The van der Waals surface area contributed by atoms with Gasteiger partial charge in [0.1, 0.15) is 5.75 Å². The number of anilines is 1. The van der Waals surface area contributed by atoms with Gasteiger partial charge in [0, 0.05) is 43.1 Å². The van der Waals surface area contributed by atoms with Gasteiger partial charge in [0.25, 0.3) is 0 Å². The number of nitriles is 1. The van der Waals surface area contributed by atoms with E-state index in [0.717, 1.165) is 79.3 Å². The summed E-state index contributed by atoms with van der Waals surface area (Å²) in [5.74, 6) is 0.906. The Morgan fingerprint density at radius 1 is 1.11 bits per heavy atom. The molecule has 0 saturated carbocycles. The van der Waals surface area contributed by atoms with Crippen LogP contribution in [0.3, 0.4) is 0 Å². The van der Waals surface area contributed by atoms with E-state index in [1.165, 1.54) is 0 Å². The third-order valence-corrected chi connectivity index (χ3v) is 7.18. The number of rotatable bonds is 5. The molecule has 2 saturated heterocycles. The van der Waals surface area contributed by atoms with Crippen LogP contribution in [0.5, 0.6) is 5.75 Å². The van der Waals surface area contributed by atoms with Gasteiger partial charge in [0.2, 0.25) is 5.91 Å². The van der Waals surface area contributed by atoms with Crippen molar-refractivity contribution in [3.05, 3.63) is 77.4 Å². The van der Waals surface area contributed by atoms with Crippen molar-refractivity contribution < 1.29 is 9.53 Å². The van der Waals surface area contributed by atoms with E-state index < -0.39 is 0 Å². The van der Waals surface area contributed by atoms with Crippen LogP contribution in [0.15, 0.2) is 60.6 Å². The molecule has 0 N–H and O–H groups in total. The predicted octanol–water partition coefficient (Wildman–Crippen LogP) is 4.74. The summed E-state index contributed by atoms with van der Waals surface area (Å²) in [6.07, 6.45) is 9.44. The summed E-state index contributed by atoms with van der Waals surface area (Å²) in [4.78, 5) is 22.2. The van der Waals surface area contributed by atoms with Crippen molar-refractivity contribution in [2.45, 2.75) is 38.6 Å². The number of hydrogen-bond donors (Lipinski definition) is 0. The number of nitrogens with zero attached hydrogens (tertiary/aromatic N) is 5. The van der Waals surface area contributed by atoms with Crippen LogP contribution < -0.4 is 9.64 Å². The molecule has 1 aromatic heterocycles.